The van der Waals surface area contributed by atoms with Gasteiger partial charge in [-0.2, -0.15) is 0 Å². The normalized spacial score (nSPS) is 15.9. The minimum atomic E-state index is -0.164. The largest absolute Gasteiger partial charge is 0.459 e. The van der Waals surface area contributed by atoms with Crippen LogP contribution in [0, 0.1) is 12.3 Å². The fourth-order valence-electron chi connectivity index (χ4n) is 3.25. The number of furan rings is 1. The molecule has 1 aromatic rings. The highest BCUT2D eigenvalue weighted by Gasteiger charge is 2.36. The molecular formula is C20H34N4O3. The number of rotatable bonds is 11. The van der Waals surface area contributed by atoms with Gasteiger partial charge < -0.3 is 25.1 Å². The van der Waals surface area contributed by atoms with Crippen LogP contribution in [0.5, 0.6) is 0 Å². The van der Waals surface area contributed by atoms with E-state index in [0.29, 0.717) is 17.7 Å². The van der Waals surface area contributed by atoms with Gasteiger partial charge in [0.25, 0.3) is 5.91 Å². The second-order valence-electron chi connectivity index (χ2n) is 7.26. The number of carbonyl (C=O) groups is 1. The van der Waals surface area contributed by atoms with Gasteiger partial charge in [0.15, 0.2) is 11.7 Å². The second kappa shape index (κ2) is 11.0. The number of hydrogen-bond acceptors (Lipinski definition) is 4. The molecule has 0 unspecified atom stereocenters. The lowest BCUT2D eigenvalue weighted by Crippen LogP contribution is -2.41. The molecule has 7 heteroatoms. The van der Waals surface area contributed by atoms with Gasteiger partial charge in [-0.25, -0.2) is 0 Å². The van der Waals surface area contributed by atoms with Crippen molar-refractivity contribution in [2.75, 3.05) is 39.9 Å². The molecule has 27 heavy (non-hydrogen) atoms. The van der Waals surface area contributed by atoms with E-state index in [2.05, 4.69) is 22.9 Å². The van der Waals surface area contributed by atoms with Crippen molar-refractivity contribution >= 4 is 11.9 Å². The molecule has 1 amide bonds. The predicted molar refractivity (Wildman–Crippen MR) is 107 cm³/mol. The van der Waals surface area contributed by atoms with Gasteiger partial charge in [0.1, 0.15) is 0 Å². The van der Waals surface area contributed by atoms with Crippen LogP contribution in [-0.4, -0.2) is 51.8 Å². The third kappa shape index (κ3) is 6.57. The van der Waals surface area contributed by atoms with Gasteiger partial charge in [-0.05, 0) is 51.0 Å². The molecule has 3 N–H and O–H groups in total. The zero-order chi connectivity index (χ0) is 19.5. The van der Waals surface area contributed by atoms with Gasteiger partial charge in [0.2, 0.25) is 0 Å². The van der Waals surface area contributed by atoms with E-state index in [1.54, 1.807) is 13.2 Å². The lowest BCUT2D eigenvalue weighted by molar-refractivity contribution is 0.0778. The Hall–Kier alpha value is -2.02. The average molecular weight is 379 g/mol. The van der Waals surface area contributed by atoms with Gasteiger partial charge >= 0.3 is 0 Å². The first-order valence-corrected chi connectivity index (χ1v) is 9.93. The van der Waals surface area contributed by atoms with Crippen LogP contribution in [0.1, 0.15) is 55.1 Å². The molecular weight excluding hydrogens is 344 g/mol. The molecule has 1 aromatic heterocycles. The average Bonchev–Trinajstić information content (AvgIpc) is 3.06. The lowest BCUT2D eigenvalue weighted by atomic mass is 9.67. The van der Waals surface area contributed by atoms with Crippen molar-refractivity contribution in [1.29, 1.82) is 0 Å². The zero-order valence-electron chi connectivity index (χ0n) is 16.9. The van der Waals surface area contributed by atoms with E-state index < -0.39 is 0 Å². The Morgan fingerprint density at radius 2 is 2.07 bits per heavy atom. The first-order valence-electron chi connectivity index (χ1n) is 9.93. The maximum atomic E-state index is 12.0. The van der Waals surface area contributed by atoms with E-state index in [0.717, 1.165) is 50.6 Å². The Bertz CT molecular complexity index is 608. The highest BCUT2D eigenvalue weighted by molar-refractivity contribution is 5.92. The van der Waals surface area contributed by atoms with Crippen LogP contribution in [0.4, 0.5) is 0 Å². The summed E-state index contributed by atoms with van der Waals surface area (Å²) in [6.45, 7) is 7.71. The number of aliphatic imine (C=N–C) groups is 1. The molecule has 1 heterocycles. The number of methoxy groups -OCH3 is 1. The summed E-state index contributed by atoms with van der Waals surface area (Å²) in [5.41, 5.74) is 1.17. The van der Waals surface area contributed by atoms with Crippen molar-refractivity contribution in [3.8, 4) is 0 Å². The first-order chi connectivity index (χ1) is 13.1. The van der Waals surface area contributed by atoms with Crippen LogP contribution >= 0.6 is 0 Å². The molecule has 1 aliphatic rings. The molecule has 0 bridgehead atoms. The maximum Gasteiger partial charge on any atom is 0.287 e. The summed E-state index contributed by atoms with van der Waals surface area (Å²) in [4.78, 5) is 16.8. The topological polar surface area (TPSA) is 87.9 Å². The van der Waals surface area contributed by atoms with Crippen molar-refractivity contribution in [1.82, 2.24) is 16.0 Å². The number of ether oxygens (including phenoxy) is 1. The fourth-order valence-corrected chi connectivity index (χ4v) is 3.25. The van der Waals surface area contributed by atoms with E-state index in [-0.39, 0.29) is 5.91 Å². The van der Waals surface area contributed by atoms with Gasteiger partial charge in [-0.3, -0.25) is 9.79 Å². The Morgan fingerprint density at radius 1 is 1.30 bits per heavy atom. The molecule has 2 rings (SSSR count). The third-order valence-electron chi connectivity index (χ3n) is 5.17. The number of nitrogens with zero attached hydrogens (tertiary/aromatic N) is 1. The third-order valence-corrected chi connectivity index (χ3v) is 5.17. The number of guanidine groups is 1. The van der Waals surface area contributed by atoms with E-state index in [1.807, 2.05) is 6.92 Å². The summed E-state index contributed by atoms with van der Waals surface area (Å²) in [6.07, 6.45) is 7.18. The summed E-state index contributed by atoms with van der Waals surface area (Å²) >= 11 is 0. The van der Waals surface area contributed by atoms with Crippen LogP contribution in [-0.2, 0) is 4.74 Å². The van der Waals surface area contributed by atoms with Gasteiger partial charge in [-0.15, -0.1) is 0 Å². The highest BCUT2D eigenvalue weighted by atomic mass is 16.5. The molecule has 152 valence electrons. The van der Waals surface area contributed by atoms with Crippen molar-refractivity contribution in [3.05, 3.63) is 23.7 Å². The number of nitrogens with one attached hydrogen (secondary N) is 3. The zero-order valence-corrected chi connectivity index (χ0v) is 16.9. The van der Waals surface area contributed by atoms with E-state index in [4.69, 9.17) is 14.1 Å². The molecule has 7 nitrogen and oxygen atoms in total. The highest BCUT2D eigenvalue weighted by Crippen LogP contribution is 2.44. The lowest BCUT2D eigenvalue weighted by Gasteiger charge is -2.40. The van der Waals surface area contributed by atoms with Crippen LogP contribution in [0.3, 0.4) is 0 Å². The Kier molecular flexibility index (Phi) is 8.64. The van der Waals surface area contributed by atoms with Crippen molar-refractivity contribution in [3.63, 3.8) is 0 Å². The van der Waals surface area contributed by atoms with E-state index in [1.165, 1.54) is 25.5 Å². The summed E-state index contributed by atoms with van der Waals surface area (Å²) in [7, 11) is 1.76. The van der Waals surface area contributed by atoms with Gasteiger partial charge in [0.05, 0.1) is 6.26 Å². The second-order valence-corrected chi connectivity index (χ2v) is 7.26. The quantitative estimate of drug-likeness (QED) is 0.313. The fraction of sp³-hybridized carbons (Fsp3) is 0.700. The van der Waals surface area contributed by atoms with Gasteiger partial charge in [0, 0.05) is 45.5 Å². The summed E-state index contributed by atoms with van der Waals surface area (Å²) < 4.78 is 10.4. The molecule has 0 aromatic carbocycles. The molecule has 1 aliphatic carbocycles. The van der Waals surface area contributed by atoms with E-state index >= 15 is 0 Å². The maximum absolute atomic E-state index is 12.0. The molecule has 1 saturated carbocycles. The van der Waals surface area contributed by atoms with Crippen molar-refractivity contribution in [2.24, 2.45) is 10.4 Å². The summed E-state index contributed by atoms with van der Waals surface area (Å²) in [6, 6.07) is 1.79. The van der Waals surface area contributed by atoms with Crippen LogP contribution in [0.15, 0.2) is 21.7 Å². The Balaban J connectivity index is 1.70. The number of aryl methyl sites for hydroxylation is 1. The summed E-state index contributed by atoms with van der Waals surface area (Å²) in [5.74, 6) is 1.07. The van der Waals surface area contributed by atoms with E-state index in [9.17, 15) is 4.79 Å². The van der Waals surface area contributed by atoms with Gasteiger partial charge in [-0.1, -0.05) is 6.42 Å². The number of carbonyl (C=O) groups excluding carboxylic acids is 1. The molecule has 0 saturated heterocycles. The van der Waals surface area contributed by atoms with Crippen molar-refractivity contribution in [2.45, 2.75) is 46.0 Å². The predicted octanol–water partition coefficient (Wildman–Crippen LogP) is 2.47. The van der Waals surface area contributed by atoms with Crippen LogP contribution < -0.4 is 16.0 Å². The van der Waals surface area contributed by atoms with Crippen LogP contribution in [0.25, 0.3) is 0 Å². The number of amides is 1. The van der Waals surface area contributed by atoms with Crippen LogP contribution in [0.2, 0.25) is 0 Å². The number of hydrogen-bond donors (Lipinski definition) is 3. The Labute approximate surface area is 162 Å². The minimum absolute atomic E-state index is 0.164. The minimum Gasteiger partial charge on any atom is -0.459 e. The first kappa shape index (κ1) is 21.3. The molecule has 1 fully saturated rings. The van der Waals surface area contributed by atoms with Crippen molar-refractivity contribution < 1.29 is 13.9 Å². The molecule has 0 radical (unpaired) electrons. The smallest absolute Gasteiger partial charge is 0.287 e. The summed E-state index contributed by atoms with van der Waals surface area (Å²) in [5, 5.41) is 9.53. The molecule has 0 aliphatic heterocycles. The standard InChI is InChI=1S/C20H34N4O3/c1-4-21-19(24-15-20(8-5-9-20)10-14-26-3)23-12-6-11-22-18(25)17-16(2)7-13-27-17/h7,13H,4-6,8-12,14-15H2,1-3H3,(H,22,25)(H2,21,23,24). The molecule has 0 spiro atoms. The molecule has 0 atom stereocenters. The Morgan fingerprint density at radius 3 is 2.67 bits per heavy atom. The SMILES string of the molecule is CCNC(=NCC1(CCOC)CCC1)NCCCNC(=O)c1occc1C. The monoisotopic (exact) mass is 378 g/mol.